The molecule has 2 saturated heterocycles. The zero-order chi connectivity index (χ0) is 16.4. The van der Waals surface area contributed by atoms with Gasteiger partial charge >= 0.3 is 6.09 Å². The van der Waals surface area contributed by atoms with Gasteiger partial charge in [-0.25, -0.2) is 4.79 Å². The number of carbonyl (C=O) groups is 2. The van der Waals surface area contributed by atoms with Gasteiger partial charge in [-0.1, -0.05) is 30.3 Å². The Balaban J connectivity index is 1.61. The Morgan fingerprint density at radius 3 is 2.87 bits per heavy atom. The molecular weight excluding hydrogens is 312 g/mol. The molecule has 2 fully saturated rings. The first kappa shape index (κ1) is 16.2. The molecule has 0 radical (unpaired) electrons. The van der Waals surface area contributed by atoms with Crippen molar-refractivity contribution in [2.45, 2.75) is 49.5 Å². The van der Waals surface area contributed by atoms with Gasteiger partial charge in [0.2, 0.25) is 5.91 Å². The van der Waals surface area contributed by atoms with Crippen molar-refractivity contribution in [2.24, 2.45) is 0 Å². The lowest BCUT2D eigenvalue weighted by Gasteiger charge is -2.44. The zero-order valence-corrected chi connectivity index (χ0v) is 14.3. The molecule has 23 heavy (non-hydrogen) atoms. The van der Waals surface area contributed by atoms with Gasteiger partial charge in [-0.2, -0.15) is 0 Å². The Labute approximate surface area is 140 Å². The van der Waals surface area contributed by atoms with Crippen molar-refractivity contribution in [1.82, 2.24) is 10.2 Å². The minimum Gasteiger partial charge on any atom is -0.445 e. The predicted molar refractivity (Wildman–Crippen MR) is 90.0 cm³/mol. The van der Waals surface area contributed by atoms with Crippen molar-refractivity contribution in [1.29, 1.82) is 0 Å². The number of nitrogens with one attached hydrogen (secondary N) is 1. The first-order chi connectivity index (χ1) is 11.0. The number of amides is 2. The van der Waals surface area contributed by atoms with Gasteiger partial charge in [0.1, 0.15) is 12.6 Å². The Bertz CT molecular complexity index is 591. The molecule has 0 spiro atoms. The van der Waals surface area contributed by atoms with Crippen LogP contribution in [0, 0.1) is 0 Å². The number of carbonyl (C=O) groups excluding carboxylic acids is 2. The molecule has 2 atom stereocenters. The van der Waals surface area contributed by atoms with E-state index in [0.717, 1.165) is 24.9 Å². The van der Waals surface area contributed by atoms with E-state index in [1.54, 1.807) is 11.8 Å². The van der Waals surface area contributed by atoms with Crippen LogP contribution >= 0.6 is 11.8 Å². The monoisotopic (exact) mass is 334 g/mol. The van der Waals surface area contributed by atoms with Crippen LogP contribution in [-0.4, -0.2) is 39.6 Å². The predicted octanol–water partition coefficient (Wildman–Crippen LogP) is 2.76. The van der Waals surface area contributed by atoms with E-state index >= 15 is 0 Å². The lowest BCUT2D eigenvalue weighted by atomic mass is 10.0. The van der Waals surface area contributed by atoms with E-state index in [9.17, 15) is 9.59 Å². The standard InChI is InChI=1S/C17H22N2O3S/c1-17(2)14(15(20)19-10-6-9-13(19)23-17)18-16(21)22-11-12-7-4-3-5-8-12/h3-5,7-8,13-14H,6,9-11H2,1-2H3,(H,18,21)/t13-,14+/m0/s1. The molecule has 2 amide bonds. The van der Waals surface area contributed by atoms with Crippen molar-refractivity contribution in [3.63, 3.8) is 0 Å². The van der Waals surface area contributed by atoms with E-state index in [0.29, 0.717) is 0 Å². The molecule has 0 aromatic heterocycles. The molecule has 5 nitrogen and oxygen atoms in total. The van der Waals surface area contributed by atoms with E-state index in [4.69, 9.17) is 4.74 Å². The van der Waals surface area contributed by atoms with Crippen molar-refractivity contribution in [3.8, 4) is 0 Å². The molecule has 0 unspecified atom stereocenters. The normalized spacial score (nSPS) is 25.8. The highest BCUT2D eigenvalue weighted by molar-refractivity contribution is 8.01. The second kappa shape index (κ2) is 6.43. The van der Waals surface area contributed by atoms with Gasteiger partial charge in [0, 0.05) is 11.3 Å². The van der Waals surface area contributed by atoms with E-state index < -0.39 is 12.1 Å². The molecule has 0 bridgehead atoms. The van der Waals surface area contributed by atoms with Crippen LogP contribution < -0.4 is 5.32 Å². The zero-order valence-electron chi connectivity index (χ0n) is 13.5. The maximum Gasteiger partial charge on any atom is 0.408 e. The lowest BCUT2D eigenvalue weighted by Crippen LogP contribution is -2.62. The van der Waals surface area contributed by atoms with Gasteiger partial charge < -0.3 is 15.0 Å². The number of benzene rings is 1. The van der Waals surface area contributed by atoms with E-state index in [1.807, 2.05) is 49.1 Å². The van der Waals surface area contributed by atoms with Gasteiger partial charge in [0.05, 0.1) is 5.37 Å². The highest BCUT2D eigenvalue weighted by Crippen LogP contribution is 2.43. The number of ether oxygens (including phenoxy) is 1. The molecule has 2 heterocycles. The number of hydrogen-bond donors (Lipinski definition) is 1. The largest absolute Gasteiger partial charge is 0.445 e. The lowest BCUT2D eigenvalue weighted by molar-refractivity contribution is -0.134. The van der Waals surface area contributed by atoms with Crippen LogP contribution in [0.15, 0.2) is 30.3 Å². The molecule has 6 heteroatoms. The Hall–Kier alpha value is -1.69. The highest BCUT2D eigenvalue weighted by atomic mass is 32.2. The van der Waals surface area contributed by atoms with Crippen LogP contribution in [0.3, 0.4) is 0 Å². The first-order valence-corrected chi connectivity index (χ1v) is 8.81. The summed E-state index contributed by atoms with van der Waals surface area (Å²) in [5.74, 6) is 0.00733. The van der Waals surface area contributed by atoms with Gasteiger partial charge in [-0.15, -0.1) is 11.8 Å². The summed E-state index contributed by atoms with van der Waals surface area (Å²) in [6, 6.07) is 8.95. The third-order valence-electron chi connectivity index (χ3n) is 4.34. The Morgan fingerprint density at radius 2 is 2.13 bits per heavy atom. The molecule has 0 aliphatic carbocycles. The number of alkyl carbamates (subject to hydrolysis) is 1. The minimum atomic E-state index is -0.551. The third kappa shape index (κ3) is 3.47. The smallest absolute Gasteiger partial charge is 0.408 e. The van der Waals surface area contributed by atoms with E-state index in [2.05, 4.69) is 5.32 Å². The maximum absolute atomic E-state index is 12.7. The minimum absolute atomic E-state index is 0.00733. The summed E-state index contributed by atoms with van der Waals surface area (Å²) >= 11 is 1.76. The highest BCUT2D eigenvalue weighted by Gasteiger charge is 2.49. The summed E-state index contributed by atoms with van der Waals surface area (Å²) in [5.41, 5.74) is 0.922. The molecule has 1 N–H and O–H groups in total. The molecule has 124 valence electrons. The average molecular weight is 334 g/mol. The van der Waals surface area contributed by atoms with Crippen LogP contribution in [0.25, 0.3) is 0 Å². The van der Waals surface area contributed by atoms with E-state index in [1.165, 1.54) is 0 Å². The first-order valence-electron chi connectivity index (χ1n) is 7.93. The molecule has 0 saturated carbocycles. The van der Waals surface area contributed by atoms with Crippen molar-refractivity contribution in [3.05, 3.63) is 35.9 Å². The molecule has 1 aromatic rings. The number of thioether (sulfide) groups is 1. The number of fused-ring (bicyclic) bond motifs is 1. The summed E-state index contributed by atoms with van der Waals surface area (Å²) < 4.78 is 4.91. The fraction of sp³-hybridized carbons (Fsp3) is 0.529. The van der Waals surface area contributed by atoms with Gasteiger partial charge in [-0.3, -0.25) is 4.79 Å². The summed E-state index contributed by atoms with van der Waals surface area (Å²) in [7, 11) is 0. The number of nitrogens with zero attached hydrogens (tertiary/aromatic N) is 1. The van der Waals surface area contributed by atoms with Crippen molar-refractivity contribution in [2.75, 3.05) is 6.54 Å². The van der Waals surface area contributed by atoms with E-state index in [-0.39, 0.29) is 22.6 Å². The number of hydrogen-bond acceptors (Lipinski definition) is 4. The topological polar surface area (TPSA) is 58.6 Å². The van der Waals surface area contributed by atoms with Crippen LogP contribution in [-0.2, 0) is 16.1 Å². The fourth-order valence-corrected chi connectivity index (χ4v) is 4.73. The molecular formula is C17H22N2O3S. The average Bonchev–Trinajstić information content (AvgIpc) is 2.98. The molecule has 2 aliphatic heterocycles. The maximum atomic E-state index is 12.7. The summed E-state index contributed by atoms with van der Waals surface area (Å²) in [5, 5.41) is 3.01. The molecule has 3 rings (SSSR count). The SMILES string of the molecule is CC1(C)S[C@H]2CCCN2C(=O)[C@H]1NC(=O)OCc1ccccc1. The van der Waals surface area contributed by atoms with Crippen LogP contribution in [0.4, 0.5) is 4.79 Å². The number of rotatable bonds is 3. The summed E-state index contributed by atoms with van der Waals surface area (Å²) in [6.07, 6.45) is 1.52. The second-order valence-electron chi connectivity index (χ2n) is 6.49. The second-order valence-corrected chi connectivity index (χ2v) is 8.32. The molecule has 1 aromatic carbocycles. The summed E-state index contributed by atoms with van der Waals surface area (Å²) in [6.45, 7) is 5.00. The van der Waals surface area contributed by atoms with Crippen molar-refractivity contribution < 1.29 is 14.3 Å². The third-order valence-corrected chi connectivity index (χ3v) is 5.94. The Kier molecular flexibility index (Phi) is 4.53. The van der Waals surface area contributed by atoms with Gasteiger partial charge in [0.25, 0.3) is 0 Å². The van der Waals surface area contributed by atoms with Gasteiger partial charge in [-0.05, 0) is 32.3 Å². The van der Waals surface area contributed by atoms with Crippen LogP contribution in [0.2, 0.25) is 0 Å². The van der Waals surface area contributed by atoms with Crippen LogP contribution in [0.5, 0.6) is 0 Å². The van der Waals surface area contributed by atoms with Gasteiger partial charge in [0.15, 0.2) is 0 Å². The van der Waals surface area contributed by atoms with Crippen LogP contribution in [0.1, 0.15) is 32.3 Å². The Morgan fingerprint density at radius 1 is 1.39 bits per heavy atom. The summed E-state index contributed by atoms with van der Waals surface area (Å²) in [4.78, 5) is 26.7. The quantitative estimate of drug-likeness (QED) is 0.923. The molecule has 2 aliphatic rings. The fourth-order valence-electron chi connectivity index (χ4n) is 3.11. The van der Waals surface area contributed by atoms with Crippen molar-refractivity contribution >= 4 is 23.8 Å².